The van der Waals surface area contributed by atoms with E-state index in [0.29, 0.717) is 13.2 Å². The molecule has 4 heteroatoms. The second kappa shape index (κ2) is 6.24. The van der Waals surface area contributed by atoms with Crippen LogP contribution < -0.4 is 10.5 Å². The van der Waals surface area contributed by atoms with Gasteiger partial charge in [0.15, 0.2) is 0 Å². The van der Waals surface area contributed by atoms with Crippen molar-refractivity contribution < 1.29 is 4.74 Å². The topological polar surface area (TPSA) is 48.1 Å². The summed E-state index contributed by atoms with van der Waals surface area (Å²) in [6.45, 7) is 0.931. The lowest BCUT2D eigenvalue weighted by Crippen LogP contribution is -2.02. The van der Waals surface area contributed by atoms with Crippen LogP contribution >= 0.6 is 15.9 Å². The highest BCUT2D eigenvalue weighted by Gasteiger charge is 2.06. The molecule has 3 rings (SSSR count). The van der Waals surface area contributed by atoms with Crippen molar-refractivity contribution in [1.82, 2.24) is 4.98 Å². The van der Waals surface area contributed by atoms with Crippen molar-refractivity contribution in [3.8, 4) is 5.75 Å². The van der Waals surface area contributed by atoms with Crippen LogP contribution in [-0.2, 0) is 13.2 Å². The van der Waals surface area contributed by atoms with Gasteiger partial charge < -0.3 is 10.5 Å². The van der Waals surface area contributed by atoms with E-state index in [9.17, 15) is 0 Å². The van der Waals surface area contributed by atoms with Gasteiger partial charge in [-0.25, -0.2) is 0 Å². The van der Waals surface area contributed by atoms with Crippen molar-refractivity contribution in [2.24, 2.45) is 5.73 Å². The normalized spacial score (nSPS) is 10.8. The molecule has 0 bridgehead atoms. The van der Waals surface area contributed by atoms with E-state index in [1.54, 1.807) is 6.20 Å². The standard InChI is InChI=1S/C17H15BrN2O/c18-17-15-4-2-1-3-13(15)5-6-16(17)21-11-12-7-8-20-14(9-12)10-19/h1-9H,10-11,19H2. The monoisotopic (exact) mass is 342 g/mol. The Morgan fingerprint density at radius 3 is 2.81 bits per heavy atom. The molecule has 0 aliphatic rings. The maximum absolute atomic E-state index is 5.91. The smallest absolute Gasteiger partial charge is 0.134 e. The summed E-state index contributed by atoms with van der Waals surface area (Å²) in [4.78, 5) is 4.18. The van der Waals surface area contributed by atoms with E-state index in [1.165, 1.54) is 5.39 Å². The molecule has 0 spiro atoms. The molecule has 21 heavy (non-hydrogen) atoms. The summed E-state index contributed by atoms with van der Waals surface area (Å²) in [5.41, 5.74) is 7.53. The molecule has 3 aromatic rings. The fourth-order valence-corrected chi connectivity index (χ4v) is 2.82. The predicted octanol–water partition coefficient (Wildman–Crippen LogP) is 4.04. The van der Waals surface area contributed by atoms with Gasteiger partial charge in [-0.05, 0) is 50.5 Å². The zero-order chi connectivity index (χ0) is 14.7. The zero-order valence-corrected chi connectivity index (χ0v) is 13.0. The molecule has 0 unspecified atom stereocenters. The van der Waals surface area contributed by atoms with Crippen molar-refractivity contribution in [2.75, 3.05) is 0 Å². The van der Waals surface area contributed by atoms with E-state index in [-0.39, 0.29) is 0 Å². The number of nitrogens with zero attached hydrogens (tertiary/aromatic N) is 1. The molecule has 3 nitrogen and oxygen atoms in total. The Hall–Kier alpha value is -1.91. The van der Waals surface area contributed by atoms with Crippen molar-refractivity contribution >= 4 is 26.7 Å². The van der Waals surface area contributed by atoms with E-state index in [2.05, 4.69) is 39.1 Å². The quantitative estimate of drug-likeness (QED) is 0.778. The summed E-state index contributed by atoms with van der Waals surface area (Å²) in [6, 6.07) is 16.2. The second-order valence-electron chi connectivity index (χ2n) is 4.75. The highest BCUT2D eigenvalue weighted by molar-refractivity contribution is 9.10. The summed E-state index contributed by atoms with van der Waals surface area (Å²) >= 11 is 3.63. The summed E-state index contributed by atoms with van der Waals surface area (Å²) in [5, 5.41) is 2.33. The Morgan fingerprint density at radius 1 is 1.10 bits per heavy atom. The molecule has 2 aromatic carbocycles. The third-order valence-electron chi connectivity index (χ3n) is 3.31. The lowest BCUT2D eigenvalue weighted by molar-refractivity contribution is 0.304. The molecule has 2 N–H and O–H groups in total. The van der Waals surface area contributed by atoms with E-state index >= 15 is 0 Å². The van der Waals surface area contributed by atoms with E-state index in [0.717, 1.165) is 26.9 Å². The predicted molar refractivity (Wildman–Crippen MR) is 88.1 cm³/mol. The number of hydrogen-bond donors (Lipinski definition) is 1. The molecule has 1 aromatic heterocycles. The number of ether oxygens (including phenoxy) is 1. The van der Waals surface area contributed by atoms with Gasteiger partial charge in [0.05, 0.1) is 10.2 Å². The van der Waals surface area contributed by atoms with Crippen LogP contribution in [0.4, 0.5) is 0 Å². The highest BCUT2D eigenvalue weighted by atomic mass is 79.9. The molecule has 106 valence electrons. The lowest BCUT2D eigenvalue weighted by atomic mass is 10.1. The number of fused-ring (bicyclic) bond motifs is 1. The van der Waals surface area contributed by atoms with E-state index in [1.807, 2.05) is 30.3 Å². The van der Waals surface area contributed by atoms with Crippen LogP contribution in [0.2, 0.25) is 0 Å². The molecule has 0 saturated carbocycles. The number of hydrogen-bond acceptors (Lipinski definition) is 3. The Morgan fingerprint density at radius 2 is 1.95 bits per heavy atom. The Bertz CT molecular complexity index is 774. The average Bonchev–Trinajstić information content (AvgIpc) is 2.55. The first kappa shape index (κ1) is 14.0. The van der Waals surface area contributed by atoms with Crippen LogP contribution in [0.25, 0.3) is 10.8 Å². The van der Waals surface area contributed by atoms with Crippen molar-refractivity contribution in [2.45, 2.75) is 13.2 Å². The third kappa shape index (κ3) is 3.06. The van der Waals surface area contributed by atoms with Crippen LogP contribution in [0.5, 0.6) is 5.75 Å². The van der Waals surface area contributed by atoms with Gasteiger partial charge in [-0.1, -0.05) is 30.3 Å². The average molecular weight is 343 g/mol. The fraction of sp³-hybridized carbons (Fsp3) is 0.118. The zero-order valence-electron chi connectivity index (χ0n) is 11.4. The van der Waals surface area contributed by atoms with Gasteiger partial charge in [0.25, 0.3) is 0 Å². The Balaban J connectivity index is 1.83. The third-order valence-corrected chi connectivity index (χ3v) is 4.13. The lowest BCUT2D eigenvalue weighted by Gasteiger charge is -2.11. The van der Waals surface area contributed by atoms with Gasteiger partial charge in [0.2, 0.25) is 0 Å². The number of benzene rings is 2. The molecule has 0 fully saturated rings. The van der Waals surface area contributed by atoms with E-state index < -0.39 is 0 Å². The van der Waals surface area contributed by atoms with Gasteiger partial charge in [-0.3, -0.25) is 4.98 Å². The number of aromatic nitrogens is 1. The first-order valence-corrected chi connectivity index (χ1v) is 7.51. The second-order valence-corrected chi connectivity index (χ2v) is 5.54. The van der Waals surface area contributed by atoms with Crippen LogP contribution in [0.1, 0.15) is 11.3 Å². The summed E-state index contributed by atoms with van der Waals surface area (Å²) < 4.78 is 6.90. The summed E-state index contributed by atoms with van der Waals surface area (Å²) in [5.74, 6) is 0.833. The number of rotatable bonds is 4. The minimum absolute atomic E-state index is 0.438. The molecular weight excluding hydrogens is 328 g/mol. The van der Waals surface area contributed by atoms with Gasteiger partial charge in [0.1, 0.15) is 12.4 Å². The minimum atomic E-state index is 0.438. The number of halogens is 1. The van der Waals surface area contributed by atoms with Crippen LogP contribution in [0.15, 0.2) is 59.2 Å². The molecule has 0 aliphatic carbocycles. The highest BCUT2D eigenvalue weighted by Crippen LogP contribution is 2.33. The molecule has 0 aliphatic heterocycles. The molecule has 0 radical (unpaired) electrons. The molecule has 1 heterocycles. The van der Waals surface area contributed by atoms with Gasteiger partial charge in [0, 0.05) is 12.7 Å². The van der Waals surface area contributed by atoms with Crippen LogP contribution in [-0.4, -0.2) is 4.98 Å². The maximum atomic E-state index is 5.91. The maximum Gasteiger partial charge on any atom is 0.134 e. The first-order valence-electron chi connectivity index (χ1n) is 6.72. The van der Waals surface area contributed by atoms with Gasteiger partial charge >= 0.3 is 0 Å². The largest absolute Gasteiger partial charge is 0.488 e. The SMILES string of the molecule is NCc1cc(COc2ccc3ccccc3c2Br)ccn1. The molecule has 0 saturated heterocycles. The molecule has 0 atom stereocenters. The van der Waals surface area contributed by atoms with Crippen LogP contribution in [0.3, 0.4) is 0 Å². The van der Waals surface area contributed by atoms with Crippen molar-refractivity contribution in [3.05, 3.63) is 70.5 Å². The number of nitrogens with two attached hydrogens (primary N) is 1. The fourth-order valence-electron chi connectivity index (χ4n) is 2.22. The molecule has 0 amide bonds. The summed E-state index contributed by atoms with van der Waals surface area (Å²) in [7, 11) is 0. The first-order chi connectivity index (χ1) is 10.3. The van der Waals surface area contributed by atoms with Gasteiger partial charge in [-0.2, -0.15) is 0 Å². The van der Waals surface area contributed by atoms with Crippen molar-refractivity contribution in [3.63, 3.8) is 0 Å². The van der Waals surface area contributed by atoms with Crippen molar-refractivity contribution in [1.29, 1.82) is 0 Å². The number of pyridine rings is 1. The van der Waals surface area contributed by atoms with Gasteiger partial charge in [-0.15, -0.1) is 0 Å². The Kier molecular flexibility index (Phi) is 4.18. The summed E-state index contributed by atoms with van der Waals surface area (Å²) in [6.07, 6.45) is 1.76. The Labute approximate surface area is 131 Å². The molecular formula is C17H15BrN2O. The van der Waals surface area contributed by atoms with E-state index in [4.69, 9.17) is 10.5 Å². The van der Waals surface area contributed by atoms with Crippen LogP contribution in [0, 0.1) is 0 Å². The minimum Gasteiger partial charge on any atom is -0.488 e.